The number of phenols is 2. The SMILES string of the molecule is CC(C)=CCCC(C)=CC(=O)N(C)CC(O)c1ccc(O)c(O)c1. The number of rotatable bonds is 7. The molecule has 5 heteroatoms. The zero-order valence-corrected chi connectivity index (χ0v) is 14.8. The van der Waals surface area contributed by atoms with E-state index in [1.165, 1.54) is 28.7 Å². The lowest BCUT2D eigenvalue weighted by Crippen LogP contribution is -2.29. The molecule has 0 aromatic heterocycles. The van der Waals surface area contributed by atoms with Crippen molar-refractivity contribution in [2.45, 2.75) is 39.7 Å². The van der Waals surface area contributed by atoms with Gasteiger partial charge in [-0.05, 0) is 51.3 Å². The Morgan fingerprint density at radius 3 is 2.46 bits per heavy atom. The summed E-state index contributed by atoms with van der Waals surface area (Å²) in [7, 11) is 1.62. The van der Waals surface area contributed by atoms with Crippen molar-refractivity contribution in [2.24, 2.45) is 0 Å². The summed E-state index contributed by atoms with van der Waals surface area (Å²) in [6.45, 7) is 6.10. The number of allylic oxidation sites excluding steroid dienone is 3. The maximum Gasteiger partial charge on any atom is 0.246 e. The molecule has 0 spiro atoms. The first kappa shape index (κ1) is 19.8. The van der Waals surface area contributed by atoms with E-state index in [0.29, 0.717) is 5.56 Å². The molecule has 5 nitrogen and oxygen atoms in total. The fourth-order valence-electron chi connectivity index (χ4n) is 2.18. The van der Waals surface area contributed by atoms with Crippen LogP contribution in [-0.4, -0.2) is 39.7 Å². The highest BCUT2D eigenvalue weighted by Gasteiger charge is 2.15. The number of hydrogen-bond acceptors (Lipinski definition) is 4. The highest BCUT2D eigenvalue weighted by molar-refractivity contribution is 5.88. The van der Waals surface area contributed by atoms with Crippen LogP contribution in [0.15, 0.2) is 41.5 Å². The number of benzene rings is 1. The van der Waals surface area contributed by atoms with Gasteiger partial charge in [-0.1, -0.05) is 23.3 Å². The molecule has 0 aliphatic rings. The van der Waals surface area contributed by atoms with Crippen LogP contribution in [0, 0.1) is 0 Å². The van der Waals surface area contributed by atoms with Crippen LogP contribution in [0.2, 0.25) is 0 Å². The zero-order chi connectivity index (χ0) is 18.3. The molecule has 1 rings (SSSR count). The molecule has 0 fully saturated rings. The number of likely N-dealkylation sites (N-methyl/N-ethyl adjacent to an activating group) is 1. The van der Waals surface area contributed by atoms with Gasteiger partial charge in [0.15, 0.2) is 11.5 Å². The topological polar surface area (TPSA) is 81.0 Å². The molecular formula is C19H27NO4. The van der Waals surface area contributed by atoms with Crippen molar-refractivity contribution in [3.63, 3.8) is 0 Å². The summed E-state index contributed by atoms with van der Waals surface area (Å²) in [5.74, 6) is -0.715. The van der Waals surface area contributed by atoms with E-state index in [0.717, 1.165) is 18.4 Å². The van der Waals surface area contributed by atoms with Gasteiger partial charge in [-0.2, -0.15) is 0 Å². The van der Waals surface area contributed by atoms with Crippen molar-refractivity contribution >= 4 is 5.91 Å². The molecule has 0 bridgehead atoms. The van der Waals surface area contributed by atoms with Crippen LogP contribution in [0.25, 0.3) is 0 Å². The van der Waals surface area contributed by atoms with Crippen molar-refractivity contribution in [3.05, 3.63) is 47.1 Å². The number of aliphatic hydroxyl groups excluding tert-OH is 1. The number of nitrogens with zero attached hydrogens (tertiary/aromatic N) is 1. The molecule has 0 aliphatic heterocycles. The minimum absolute atomic E-state index is 0.0980. The Bertz CT molecular complexity index is 630. The monoisotopic (exact) mass is 333 g/mol. The molecule has 1 amide bonds. The van der Waals surface area contributed by atoms with Gasteiger partial charge >= 0.3 is 0 Å². The molecule has 3 N–H and O–H groups in total. The lowest BCUT2D eigenvalue weighted by atomic mass is 10.1. The van der Waals surface area contributed by atoms with Crippen molar-refractivity contribution in [3.8, 4) is 11.5 Å². The van der Waals surface area contributed by atoms with Crippen LogP contribution in [0.3, 0.4) is 0 Å². The third kappa shape index (κ3) is 6.46. The van der Waals surface area contributed by atoms with Gasteiger partial charge in [-0.25, -0.2) is 0 Å². The fourth-order valence-corrected chi connectivity index (χ4v) is 2.18. The Balaban J connectivity index is 2.62. The van der Waals surface area contributed by atoms with Gasteiger partial charge in [0.2, 0.25) is 5.91 Å². The molecule has 0 radical (unpaired) electrons. The van der Waals surface area contributed by atoms with Gasteiger partial charge < -0.3 is 20.2 Å². The number of phenolic OH excluding ortho intramolecular Hbond substituents is 2. The molecule has 0 aliphatic carbocycles. The van der Waals surface area contributed by atoms with Crippen LogP contribution in [-0.2, 0) is 4.79 Å². The van der Waals surface area contributed by atoms with Crippen molar-refractivity contribution in [1.29, 1.82) is 0 Å². The average Bonchev–Trinajstić information content (AvgIpc) is 2.49. The summed E-state index contributed by atoms with van der Waals surface area (Å²) in [5.41, 5.74) is 2.68. The number of aliphatic hydroxyl groups is 1. The second-order valence-electron chi connectivity index (χ2n) is 6.29. The second kappa shape index (κ2) is 9.13. The Labute approximate surface area is 143 Å². The summed E-state index contributed by atoms with van der Waals surface area (Å²) in [6, 6.07) is 4.11. The van der Waals surface area contributed by atoms with Gasteiger partial charge in [0.25, 0.3) is 0 Å². The third-order valence-electron chi connectivity index (χ3n) is 3.67. The molecule has 1 aromatic rings. The molecule has 1 unspecified atom stereocenters. The summed E-state index contributed by atoms with van der Waals surface area (Å²) in [6.07, 6.45) is 4.49. The van der Waals surface area contributed by atoms with Gasteiger partial charge in [-0.3, -0.25) is 4.79 Å². The maximum atomic E-state index is 12.2. The highest BCUT2D eigenvalue weighted by atomic mass is 16.3. The zero-order valence-electron chi connectivity index (χ0n) is 14.8. The number of amides is 1. The maximum absolute atomic E-state index is 12.2. The largest absolute Gasteiger partial charge is 0.504 e. The molecule has 0 heterocycles. The Kier molecular flexibility index (Phi) is 7.52. The first-order valence-corrected chi connectivity index (χ1v) is 7.96. The van der Waals surface area contributed by atoms with E-state index in [1.54, 1.807) is 13.1 Å². The predicted octanol–water partition coefficient (Wildman–Crippen LogP) is 3.28. The summed E-state index contributed by atoms with van der Waals surface area (Å²) >= 11 is 0. The van der Waals surface area contributed by atoms with Crippen molar-refractivity contribution in [1.82, 2.24) is 4.90 Å². The van der Waals surface area contributed by atoms with Crippen LogP contribution in [0.4, 0.5) is 0 Å². The van der Waals surface area contributed by atoms with Crippen LogP contribution >= 0.6 is 0 Å². The average molecular weight is 333 g/mol. The lowest BCUT2D eigenvalue weighted by molar-refractivity contribution is -0.126. The molecule has 1 atom stereocenters. The minimum atomic E-state index is -0.940. The lowest BCUT2D eigenvalue weighted by Gasteiger charge is -2.20. The second-order valence-corrected chi connectivity index (χ2v) is 6.29. The van der Waals surface area contributed by atoms with E-state index >= 15 is 0 Å². The fraction of sp³-hybridized carbons (Fsp3) is 0.421. The Morgan fingerprint density at radius 1 is 1.21 bits per heavy atom. The number of hydrogen-bond donors (Lipinski definition) is 3. The molecule has 24 heavy (non-hydrogen) atoms. The van der Waals surface area contributed by atoms with E-state index in [9.17, 15) is 20.1 Å². The molecule has 0 saturated carbocycles. The third-order valence-corrected chi connectivity index (χ3v) is 3.67. The van der Waals surface area contributed by atoms with Gasteiger partial charge in [-0.15, -0.1) is 0 Å². The van der Waals surface area contributed by atoms with Crippen LogP contribution in [0.1, 0.15) is 45.3 Å². The smallest absolute Gasteiger partial charge is 0.246 e. The predicted molar refractivity (Wildman–Crippen MR) is 94.8 cm³/mol. The number of carbonyl (C=O) groups excluding carboxylic acids is 1. The summed E-state index contributed by atoms with van der Waals surface area (Å²) in [4.78, 5) is 13.6. The highest BCUT2D eigenvalue weighted by Crippen LogP contribution is 2.28. The first-order chi connectivity index (χ1) is 11.2. The Morgan fingerprint density at radius 2 is 1.88 bits per heavy atom. The number of aromatic hydroxyl groups is 2. The van der Waals surface area contributed by atoms with E-state index in [4.69, 9.17) is 0 Å². The van der Waals surface area contributed by atoms with E-state index in [-0.39, 0.29) is 24.0 Å². The quantitative estimate of drug-likeness (QED) is 0.406. The number of carbonyl (C=O) groups is 1. The molecule has 132 valence electrons. The minimum Gasteiger partial charge on any atom is -0.504 e. The van der Waals surface area contributed by atoms with Gasteiger partial charge in [0, 0.05) is 13.1 Å². The van der Waals surface area contributed by atoms with E-state index in [1.807, 2.05) is 20.8 Å². The molecule has 1 aromatic carbocycles. The standard InChI is InChI=1S/C19H27NO4/c1-13(2)6-5-7-14(3)10-19(24)20(4)12-18(23)15-8-9-16(21)17(22)11-15/h6,8-11,18,21-23H,5,7,12H2,1-4H3. The summed E-state index contributed by atoms with van der Waals surface area (Å²) < 4.78 is 0. The Hall–Kier alpha value is -2.27. The van der Waals surface area contributed by atoms with E-state index in [2.05, 4.69) is 6.08 Å². The first-order valence-electron chi connectivity index (χ1n) is 7.96. The van der Waals surface area contributed by atoms with Gasteiger partial charge in [0.1, 0.15) is 0 Å². The normalized spacial score (nSPS) is 12.6. The van der Waals surface area contributed by atoms with Gasteiger partial charge in [0.05, 0.1) is 12.6 Å². The molecule has 0 saturated heterocycles. The van der Waals surface area contributed by atoms with Crippen molar-refractivity contribution < 1.29 is 20.1 Å². The molecular weight excluding hydrogens is 306 g/mol. The van der Waals surface area contributed by atoms with Crippen LogP contribution < -0.4 is 0 Å². The van der Waals surface area contributed by atoms with E-state index < -0.39 is 6.10 Å². The van der Waals surface area contributed by atoms with Crippen LogP contribution in [0.5, 0.6) is 11.5 Å². The summed E-state index contributed by atoms with van der Waals surface area (Å²) in [5, 5.41) is 28.9. The van der Waals surface area contributed by atoms with Crippen molar-refractivity contribution in [2.75, 3.05) is 13.6 Å².